The zero-order valence-electron chi connectivity index (χ0n) is 17.0. The van der Waals surface area contributed by atoms with Crippen LogP contribution in [0.1, 0.15) is 54.0 Å². The molecular formula is C19H33BO3Si. The van der Waals surface area contributed by atoms with E-state index in [-0.39, 0.29) is 23.4 Å². The molecule has 1 fully saturated rings. The summed E-state index contributed by atoms with van der Waals surface area (Å²) in [5.41, 5.74) is 1.51. The van der Waals surface area contributed by atoms with Crippen molar-refractivity contribution in [3.8, 4) is 5.75 Å². The predicted octanol–water partition coefficient (Wildman–Crippen LogP) is 4.68. The number of benzene rings is 1. The predicted molar refractivity (Wildman–Crippen MR) is 105 cm³/mol. The molecule has 0 radical (unpaired) electrons. The van der Waals surface area contributed by atoms with Gasteiger partial charge in [0.1, 0.15) is 5.75 Å². The van der Waals surface area contributed by atoms with Gasteiger partial charge in [0.05, 0.1) is 11.2 Å². The molecule has 0 saturated carbocycles. The second-order valence-corrected chi connectivity index (χ2v) is 14.1. The molecule has 0 spiro atoms. The third-order valence-corrected chi connectivity index (χ3v) is 10.3. The third kappa shape index (κ3) is 3.44. The fraction of sp³-hybridized carbons (Fsp3) is 0.684. The first-order valence-electron chi connectivity index (χ1n) is 8.82. The van der Waals surface area contributed by atoms with E-state index in [0.29, 0.717) is 0 Å². The maximum Gasteiger partial charge on any atom is 0.495 e. The first kappa shape index (κ1) is 19.5. The minimum absolute atomic E-state index is 0.166. The van der Waals surface area contributed by atoms with E-state index in [1.807, 2.05) is 6.07 Å². The first-order valence-corrected chi connectivity index (χ1v) is 11.7. The Kier molecular flexibility index (Phi) is 4.80. The van der Waals surface area contributed by atoms with Crippen molar-refractivity contribution < 1.29 is 13.7 Å². The van der Waals surface area contributed by atoms with Gasteiger partial charge in [0.2, 0.25) is 8.32 Å². The van der Waals surface area contributed by atoms with Crippen LogP contribution >= 0.6 is 0 Å². The zero-order valence-corrected chi connectivity index (χ0v) is 18.0. The molecule has 2 rings (SSSR count). The van der Waals surface area contributed by atoms with Crippen LogP contribution < -0.4 is 9.89 Å². The van der Waals surface area contributed by atoms with Gasteiger partial charge in [-0.25, -0.2) is 0 Å². The van der Waals surface area contributed by atoms with Gasteiger partial charge in [0.25, 0.3) is 0 Å². The third-order valence-electron chi connectivity index (χ3n) is 6.00. The minimum atomic E-state index is -1.88. The van der Waals surface area contributed by atoms with Gasteiger partial charge in [0, 0.05) is 0 Å². The molecule has 0 aromatic heterocycles. The average Bonchev–Trinajstić information content (AvgIpc) is 2.59. The molecule has 0 atom stereocenters. The summed E-state index contributed by atoms with van der Waals surface area (Å²) < 4.78 is 19.0. The summed E-state index contributed by atoms with van der Waals surface area (Å²) in [6.07, 6.45) is 0. The Bertz CT molecular complexity index is 602. The van der Waals surface area contributed by atoms with Crippen molar-refractivity contribution in [2.24, 2.45) is 0 Å². The highest BCUT2D eigenvalue weighted by atomic mass is 28.4. The molecule has 0 amide bonds. The van der Waals surface area contributed by atoms with Crippen LogP contribution in [0.3, 0.4) is 0 Å². The van der Waals surface area contributed by atoms with Crippen LogP contribution in [0.2, 0.25) is 18.1 Å². The van der Waals surface area contributed by atoms with E-state index < -0.39 is 8.32 Å². The molecule has 1 aliphatic heterocycles. The standard InChI is InChI=1S/C19H33BO3Si/c1-14-15(20-22-18(5,6)19(7,8)23-20)12-11-13-16(14)21-24(9,10)17(2,3)4/h11-13H,1-10H3. The van der Waals surface area contributed by atoms with Crippen LogP contribution in [0.5, 0.6) is 5.75 Å². The molecule has 1 aromatic carbocycles. The van der Waals surface area contributed by atoms with Crippen molar-refractivity contribution >= 4 is 20.9 Å². The lowest BCUT2D eigenvalue weighted by atomic mass is 9.76. The lowest BCUT2D eigenvalue weighted by molar-refractivity contribution is 0.00578. The summed E-state index contributed by atoms with van der Waals surface area (Å²) in [4.78, 5) is 0. The van der Waals surface area contributed by atoms with E-state index >= 15 is 0 Å². The van der Waals surface area contributed by atoms with E-state index in [1.54, 1.807) is 0 Å². The molecule has 1 aromatic rings. The monoisotopic (exact) mass is 348 g/mol. The largest absolute Gasteiger partial charge is 0.543 e. The lowest BCUT2D eigenvalue weighted by Crippen LogP contribution is -2.44. The van der Waals surface area contributed by atoms with Gasteiger partial charge in [-0.3, -0.25) is 0 Å². The zero-order chi connectivity index (χ0) is 18.6. The van der Waals surface area contributed by atoms with Crippen LogP contribution in [0.4, 0.5) is 0 Å². The fourth-order valence-corrected chi connectivity index (χ4v) is 3.47. The molecule has 1 aliphatic rings. The molecule has 1 heterocycles. The quantitative estimate of drug-likeness (QED) is 0.743. The van der Waals surface area contributed by atoms with Gasteiger partial charge >= 0.3 is 7.12 Å². The van der Waals surface area contributed by atoms with Crippen LogP contribution in [0.15, 0.2) is 18.2 Å². The normalized spacial score (nSPS) is 20.3. The highest BCUT2D eigenvalue weighted by molar-refractivity contribution is 6.74. The van der Waals surface area contributed by atoms with Crippen molar-refractivity contribution in [2.45, 2.75) is 84.7 Å². The molecule has 0 aliphatic carbocycles. The molecule has 3 nitrogen and oxygen atoms in total. The van der Waals surface area contributed by atoms with Crippen molar-refractivity contribution in [3.63, 3.8) is 0 Å². The van der Waals surface area contributed by atoms with E-state index in [4.69, 9.17) is 13.7 Å². The van der Waals surface area contributed by atoms with Crippen molar-refractivity contribution in [2.75, 3.05) is 0 Å². The van der Waals surface area contributed by atoms with Gasteiger partial charge in [-0.15, -0.1) is 0 Å². The Morgan fingerprint density at radius 2 is 1.50 bits per heavy atom. The highest BCUT2D eigenvalue weighted by Gasteiger charge is 2.52. The van der Waals surface area contributed by atoms with Gasteiger partial charge in [0.15, 0.2) is 0 Å². The second-order valence-electron chi connectivity index (χ2n) is 9.42. The van der Waals surface area contributed by atoms with Crippen molar-refractivity contribution in [1.82, 2.24) is 0 Å². The first-order chi connectivity index (χ1) is 10.7. The molecule has 134 valence electrons. The fourth-order valence-electron chi connectivity index (χ4n) is 2.40. The molecular weight excluding hydrogens is 315 g/mol. The molecule has 0 N–H and O–H groups in total. The second kappa shape index (κ2) is 5.89. The van der Waals surface area contributed by atoms with Crippen molar-refractivity contribution in [3.05, 3.63) is 23.8 Å². The Balaban J connectivity index is 2.33. The van der Waals surface area contributed by atoms with E-state index in [1.165, 1.54) is 0 Å². The Labute approximate surface area is 149 Å². The van der Waals surface area contributed by atoms with Gasteiger partial charge in [-0.1, -0.05) is 32.9 Å². The van der Waals surface area contributed by atoms with Gasteiger partial charge in [-0.05, 0) is 69.8 Å². The topological polar surface area (TPSA) is 27.7 Å². The highest BCUT2D eigenvalue weighted by Crippen LogP contribution is 2.39. The van der Waals surface area contributed by atoms with Crippen LogP contribution in [0.25, 0.3) is 0 Å². The Hall–Kier alpha value is -0.778. The summed E-state index contributed by atoms with van der Waals surface area (Å²) in [7, 11) is -2.23. The van der Waals surface area contributed by atoms with E-state index in [2.05, 4.69) is 80.6 Å². The van der Waals surface area contributed by atoms with Crippen LogP contribution in [-0.4, -0.2) is 26.6 Å². The minimum Gasteiger partial charge on any atom is -0.543 e. The van der Waals surface area contributed by atoms with Crippen molar-refractivity contribution in [1.29, 1.82) is 0 Å². The molecule has 0 unspecified atom stereocenters. The molecule has 5 heteroatoms. The number of hydrogen-bond acceptors (Lipinski definition) is 3. The summed E-state index contributed by atoms with van der Waals surface area (Å²) >= 11 is 0. The maximum atomic E-state index is 6.53. The Morgan fingerprint density at radius 3 is 1.96 bits per heavy atom. The molecule has 0 bridgehead atoms. The van der Waals surface area contributed by atoms with Crippen LogP contribution in [-0.2, 0) is 9.31 Å². The van der Waals surface area contributed by atoms with Gasteiger partial charge in [-0.2, -0.15) is 0 Å². The summed E-state index contributed by atoms with van der Waals surface area (Å²) in [6.45, 7) is 21.7. The van der Waals surface area contributed by atoms with Crippen LogP contribution in [0, 0.1) is 6.92 Å². The molecule has 1 saturated heterocycles. The Morgan fingerprint density at radius 1 is 1.00 bits per heavy atom. The SMILES string of the molecule is Cc1c(O[Si](C)(C)C(C)(C)C)cccc1B1OC(C)(C)C(C)(C)O1. The number of hydrogen-bond donors (Lipinski definition) is 0. The maximum absolute atomic E-state index is 6.53. The summed E-state index contributed by atoms with van der Waals surface area (Å²) in [5.74, 6) is 0.953. The van der Waals surface area contributed by atoms with E-state index in [9.17, 15) is 0 Å². The lowest BCUT2D eigenvalue weighted by Gasteiger charge is -2.37. The summed E-state index contributed by atoms with van der Waals surface area (Å²) in [5, 5.41) is 0.166. The van der Waals surface area contributed by atoms with Gasteiger partial charge < -0.3 is 13.7 Å². The number of rotatable bonds is 3. The summed E-state index contributed by atoms with van der Waals surface area (Å²) in [6, 6.07) is 6.18. The molecule has 24 heavy (non-hydrogen) atoms. The average molecular weight is 348 g/mol. The van der Waals surface area contributed by atoms with E-state index in [0.717, 1.165) is 16.8 Å². The smallest absolute Gasteiger partial charge is 0.495 e.